The van der Waals surface area contributed by atoms with Crippen molar-refractivity contribution < 1.29 is 31.1 Å². The summed E-state index contributed by atoms with van der Waals surface area (Å²) in [7, 11) is 0. The fraction of sp³-hybridized carbons (Fsp3) is 0.476. The number of carbonyl (C=O) groups excluding carboxylic acids is 1. The summed E-state index contributed by atoms with van der Waals surface area (Å²) in [5, 5.41) is 5.67. The summed E-state index contributed by atoms with van der Waals surface area (Å²) < 4.78 is 77.9. The van der Waals surface area contributed by atoms with Crippen LogP contribution in [0.3, 0.4) is 0 Å². The Bertz CT molecular complexity index is 967. The van der Waals surface area contributed by atoms with Crippen molar-refractivity contribution in [1.82, 2.24) is 15.3 Å². The van der Waals surface area contributed by atoms with Crippen molar-refractivity contribution in [3.8, 4) is 0 Å². The van der Waals surface area contributed by atoms with Gasteiger partial charge in [-0.25, -0.2) is 4.98 Å². The van der Waals surface area contributed by atoms with Crippen molar-refractivity contribution in [2.45, 2.75) is 51.0 Å². The Morgan fingerprint density at radius 2 is 1.61 bits per heavy atom. The number of hydrogen-bond donors (Lipinski definition) is 3. The first-order valence-electron chi connectivity index (χ1n) is 10.3. The maximum atomic E-state index is 13.0. The van der Waals surface area contributed by atoms with Gasteiger partial charge in [-0.15, -0.1) is 0 Å². The molecule has 6 nitrogen and oxygen atoms in total. The lowest BCUT2D eigenvalue weighted by Gasteiger charge is -2.29. The van der Waals surface area contributed by atoms with E-state index in [0.717, 1.165) is 18.4 Å². The number of anilines is 2. The maximum absolute atomic E-state index is 13.0. The number of alkyl halides is 6. The number of nitrogens with zero attached hydrogens (tertiary/aromatic N) is 2. The van der Waals surface area contributed by atoms with Crippen LogP contribution in [0.2, 0.25) is 0 Å². The van der Waals surface area contributed by atoms with Crippen LogP contribution in [0, 0.1) is 12.8 Å². The summed E-state index contributed by atoms with van der Waals surface area (Å²) in [6, 6.07) is 0.949. The van der Waals surface area contributed by atoms with E-state index < -0.39 is 35.0 Å². The summed E-state index contributed by atoms with van der Waals surface area (Å²) >= 11 is 0. The van der Waals surface area contributed by atoms with Crippen molar-refractivity contribution >= 4 is 17.7 Å². The topological polar surface area (TPSA) is 92.9 Å². The molecule has 180 valence electrons. The molecule has 1 aliphatic carbocycles. The number of halogens is 6. The van der Waals surface area contributed by atoms with Gasteiger partial charge in [-0.3, -0.25) is 4.79 Å². The molecular weight excluding hydrogens is 452 g/mol. The third-order valence-electron chi connectivity index (χ3n) is 5.59. The van der Waals surface area contributed by atoms with Crippen molar-refractivity contribution in [3.05, 3.63) is 46.6 Å². The van der Waals surface area contributed by atoms with Gasteiger partial charge >= 0.3 is 12.4 Å². The minimum Gasteiger partial charge on any atom is -0.383 e. The number of nitrogen functional groups attached to an aromatic ring is 1. The molecule has 0 radical (unpaired) electrons. The van der Waals surface area contributed by atoms with Crippen molar-refractivity contribution in [3.63, 3.8) is 0 Å². The van der Waals surface area contributed by atoms with E-state index >= 15 is 0 Å². The maximum Gasteiger partial charge on any atom is 0.416 e. The summed E-state index contributed by atoms with van der Waals surface area (Å²) in [6.45, 7) is 1.94. The lowest BCUT2D eigenvalue weighted by atomic mass is 9.86. The molecule has 1 fully saturated rings. The molecule has 0 atom stereocenters. The summed E-state index contributed by atoms with van der Waals surface area (Å²) in [4.78, 5) is 20.7. The quantitative estimate of drug-likeness (QED) is 0.540. The zero-order chi connectivity index (χ0) is 24.4. The van der Waals surface area contributed by atoms with Gasteiger partial charge in [0.15, 0.2) is 0 Å². The smallest absolute Gasteiger partial charge is 0.383 e. The zero-order valence-corrected chi connectivity index (χ0v) is 17.6. The average Bonchev–Trinajstić information content (AvgIpc) is 2.74. The second kappa shape index (κ2) is 9.44. The second-order valence-electron chi connectivity index (χ2n) is 8.13. The predicted molar refractivity (Wildman–Crippen MR) is 109 cm³/mol. The molecule has 4 N–H and O–H groups in total. The minimum atomic E-state index is -5.01. The molecular formula is C21H23F6N5O. The predicted octanol–water partition coefficient (Wildman–Crippen LogP) is 4.81. The third-order valence-corrected chi connectivity index (χ3v) is 5.59. The Kier molecular flexibility index (Phi) is 7.03. The Balaban J connectivity index is 1.56. The number of amides is 1. The van der Waals surface area contributed by atoms with Crippen LogP contribution in [0.1, 0.15) is 52.7 Å². The lowest BCUT2D eigenvalue weighted by Crippen LogP contribution is -2.34. The van der Waals surface area contributed by atoms with Gasteiger partial charge in [0, 0.05) is 29.9 Å². The molecule has 1 amide bonds. The van der Waals surface area contributed by atoms with Crippen LogP contribution >= 0.6 is 0 Å². The van der Waals surface area contributed by atoms with Gasteiger partial charge in [0.1, 0.15) is 5.82 Å². The molecule has 1 aliphatic rings. The van der Waals surface area contributed by atoms with Gasteiger partial charge in [0.25, 0.3) is 5.91 Å². The number of carbonyl (C=O) groups is 1. The van der Waals surface area contributed by atoms with Crippen LogP contribution in [-0.2, 0) is 12.4 Å². The highest BCUT2D eigenvalue weighted by atomic mass is 19.4. The monoisotopic (exact) mass is 475 g/mol. The standard InChI is InChI=1S/C21H23F6N5O/c1-11-9-30-19(32-17(11)28)31-16-4-2-12(3-5-16)10-29-18(33)13-6-14(20(22,23)24)8-15(7-13)21(25,26)27/h6-9,12,16H,2-5,10H2,1H3,(H,29,33)(H3,28,30,31,32). The Hall–Kier alpha value is -3.05. The molecule has 0 spiro atoms. The molecule has 1 aromatic carbocycles. The van der Waals surface area contributed by atoms with E-state index in [2.05, 4.69) is 20.6 Å². The molecule has 12 heteroatoms. The van der Waals surface area contributed by atoms with E-state index in [1.54, 1.807) is 13.1 Å². The third kappa shape index (κ3) is 6.48. The zero-order valence-electron chi connectivity index (χ0n) is 17.6. The second-order valence-corrected chi connectivity index (χ2v) is 8.13. The van der Waals surface area contributed by atoms with E-state index in [0.29, 0.717) is 36.7 Å². The minimum absolute atomic E-state index is 0.00353. The Morgan fingerprint density at radius 1 is 1.03 bits per heavy atom. The van der Waals surface area contributed by atoms with E-state index in [4.69, 9.17) is 5.73 Å². The summed E-state index contributed by atoms with van der Waals surface area (Å²) in [6.07, 6.45) is -5.52. The molecule has 1 heterocycles. The fourth-order valence-electron chi connectivity index (χ4n) is 3.64. The first kappa shape index (κ1) is 24.6. The number of nitrogens with one attached hydrogen (secondary N) is 2. The van der Waals surface area contributed by atoms with Gasteiger partial charge < -0.3 is 16.4 Å². The number of aromatic nitrogens is 2. The van der Waals surface area contributed by atoms with Crippen molar-refractivity contribution in [2.24, 2.45) is 5.92 Å². The van der Waals surface area contributed by atoms with Gasteiger partial charge in [0.2, 0.25) is 5.95 Å². The first-order chi connectivity index (χ1) is 15.3. The average molecular weight is 475 g/mol. The van der Waals surface area contributed by atoms with E-state index in [9.17, 15) is 31.1 Å². The van der Waals surface area contributed by atoms with Crippen LogP contribution in [-0.4, -0.2) is 28.5 Å². The van der Waals surface area contributed by atoms with Gasteiger partial charge in [-0.05, 0) is 56.7 Å². The number of hydrogen-bond acceptors (Lipinski definition) is 5. The summed E-state index contributed by atoms with van der Waals surface area (Å²) in [5.74, 6) is -0.133. The van der Waals surface area contributed by atoms with Crippen LogP contribution in [0.25, 0.3) is 0 Å². The van der Waals surface area contributed by atoms with Crippen molar-refractivity contribution in [1.29, 1.82) is 0 Å². The fourth-order valence-corrected chi connectivity index (χ4v) is 3.64. The Morgan fingerprint density at radius 3 is 2.12 bits per heavy atom. The van der Waals surface area contributed by atoms with Crippen LogP contribution in [0.4, 0.5) is 38.1 Å². The van der Waals surface area contributed by atoms with Gasteiger partial charge in [-0.2, -0.15) is 31.3 Å². The van der Waals surface area contributed by atoms with Crippen LogP contribution in [0.15, 0.2) is 24.4 Å². The van der Waals surface area contributed by atoms with Crippen molar-refractivity contribution in [2.75, 3.05) is 17.6 Å². The highest BCUT2D eigenvalue weighted by Crippen LogP contribution is 2.36. The molecule has 3 rings (SSSR count). The molecule has 2 aromatic rings. The molecule has 0 saturated heterocycles. The van der Waals surface area contributed by atoms with E-state index in [1.165, 1.54) is 0 Å². The Labute approximate surface area is 186 Å². The van der Waals surface area contributed by atoms with E-state index in [1.807, 2.05) is 0 Å². The molecule has 1 aromatic heterocycles. The number of nitrogens with two attached hydrogens (primary N) is 1. The number of benzene rings is 1. The normalized spacial score (nSPS) is 19.2. The molecule has 0 aliphatic heterocycles. The van der Waals surface area contributed by atoms with Crippen LogP contribution in [0.5, 0.6) is 0 Å². The van der Waals surface area contributed by atoms with Crippen LogP contribution < -0.4 is 16.4 Å². The van der Waals surface area contributed by atoms with Gasteiger partial charge in [-0.1, -0.05) is 0 Å². The molecule has 0 bridgehead atoms. The SMILES string of the molecule is Cc1cnc(NC2CCC(CNC(=O)c3cc(C(F)(F)F)cc(C(F)(F)F)c3)CC2)nc1N. The molecule has 0 unspecified atom stereocenters. The van der Waals surface area contributed by atoms with E-state index in [-0.39, 0.29) is 24.6 Å². The number of aryl methyl sites for hydroxylation is 1. The van der Waals surface area contributed by atoms with Gasteiger partial charge in [0.05, 0.1) is 11.1 Å². The highest BCUT2D eigenvalue weighted by molar-refractivity contribution is 5.94. The largest absolute Gasteiger partial charge is 0.416 e. The highest BCUT2D eigenvalue weighted by Gasteiger charge is 2.37. The summed E-state index contributed by atoms with van der Waals surface area (Å²) in [5.41, 5.74) is 2.82. The molecule has 1 saturated carbocycles. The number of rotatable bonds is 5. The first-order valence-corrected chi connectivity index (χ1v) is 10.3. The molecule has 33 heavy (non-hydrogen) atoms. The lowest BCUT2D eigenvalue weighted by molar-refractivity contribution is -0.143.